The molecule has 0 radical (unpaired) electrons. The molecule has 1 heterocycles. The Morgan fingerprint density at radius 1 is 1.00 bits per heavy atom. The number of methoxy groups -OCH3 is 1. The second-order valence-corrected chi connectivity index (χ2v) is 11.7. The number of ether oxygens (including phenoxy) is 3. The molecule has 0 bridgehead atoms. The summed E-state index contributed by atoms with van der Waals surface area (Å²) in [5.41, 5.74) is 1.25. The molecule has 8 heteroatoms. The maximum absolute atomic E-state index is 13.4. The molecule has 34 heavy (non-hydrogen) atoms. The zero-order valence-electron chi connectivity index (χ0n) is 20.0. The van der Waals surface area contributed by atoms with Crippen molar-refractivity contribution in [3.8, 4) is 11.5 Å². The van der Waals surface area contributed by atoms with E-state index in [9.17, 15) is 14.4 Å². The van der Waals surface area contributed by atoms with Crippen LogP contribution < -0.4 is 9.47 Å². The van der Waals surface area contributed by atoms with E-state index in [1.54, 1.807) is 12.1 Å². The van der Waals surface area contributed by atoms with Crippen LogP contribution in [0.15, 0.2) is 39.3 Å². The quantitative estimate of drug-likeness (QED) is 0.547. The Labute approximate surface area is 207 Å². The molecule has 0 spiro atoms. The fraction of sp³-hybridized carbons (Fsp3) is 0.500. The number of rotatable bonds is 5. The Kier molecular flexibility index (Phi) is 6.17. The van der Waals surface area contributed by atoms with E-state index in [1.165, 1.54) is 7.11 Å². The minimum atomic E-state index is -1.11. The number of allylic oxidation sites excluding steroid dienone is 4. The van der Waals surface area contributed by atoms with E-state index in [-0.39, 0.29) is 28.1 Å². The van der Waals surface area contributed by atoms with Crippen molar-refractivity contribution >= 4 is 33.5 Å². The first-order valence-electron chi connectivity index (χ1n) is 11.2. The second-order valence-electron chi connectivity index (χ2n) is 10.8. The van der Waals surface area contributed by atoms with E-state index in [0.717, 1.165) is 0 Å². The van der Waals surface area contributed by atoms with Gasteiger partial charge in [-0.1, -0.05) is 43.6 Å². The summed E-state index contributed by atoms with van der Waals surface area (Å²) in [6, 6.07) is 3.34. The van der Waals surface area contributed by atoms with E-state index in [4.69, 9.17) is 19.3 Å². The van der Waals surface area contributed by atoms with Crippen LogP contribution in [0.3, 0.4) is 0 Å². The Hall–Kier alpha value is -2.61. The minimum Gasteiger partial charge on any atom is -0.493 e. The summed E-state index contributed by atoms with van der Waals surface area (Å²) in [4.78, 5) is 37.9. The standard InChI is InChI=1S/C26H29BrO7/c1-25(2)8-15(28)23-19(10-25)34-20-11-26(3,4)9-16(29)24(20)22(23)13-6-17(32-5)18(7-14(13)27)33-12-21(30)31/h6-7,22H,8-12H2,1-5H3,(H,30,31). The fourth-order valence-corrected chi connectivity index (χ4v) is 5.72. The van der Waals surface area contributed by atoms with E-state index >= 15 is 0 Å². The van der Waals surface area contributed by atoms with E-state index in [2.05, 4.69) is 15.9 Å². The molecule has 1 aromatic rings. The molecular weight excluding hydrogens is 504 g/mol. The number of carbonyl (C=O) groups is 3. The molecule has 0 amide bonds. The highest BCUT2D eigenvalue weighted by Crippen LogP contribution is 2.55. The van der Waals surface area contributed by atoms with Crippen LogP contribution in [0, 0.1) is 10.8 Å². The highest BCUT2D eigenvalue weighted by atomic mass is 79.9. The van der Waals surface area contributed by atoms with Crippen LogP contribution in [-0.2, 0) is 19.1 Å². The number of hydrogen-bond acceptors (Lipinski definition) is 6. The van der Waals surface area contributed by atoms with Gasteiger partial charge in [-0.05, 0) is 28.5 Å². The molecule has 0 fully saturated rings. The molecular formula is C26H29BrO7. The van der Waals surface area contributed by atoms with Gasteiger partial charge in [-0.25, -0.2) is 4.79 Å². The van der Waals surface area contributed by atoms with Gasteiger partial charge in [-0.3, -0.25) is 9.59 Å². The lowest BCUT2D eigenvalue weighted by atomic mass is 9.65. The van der Waals surface area contributed by atoms with Gasteiger partial charge in [0.25, 0.3) is 0 Å². The van der Waals surface area contributed by atoms with Crippen molar-refractivity contribution < 1.29 is 33.7 Å². The van der Waals surface area contributed by atoms with Gasteiger partial charge in [0.15, 0.2) is 29.7 Å². The van der Waals surface area contributed by atoms with Gasteiger partial charge >= 0.3 is 5.97 Å². The highest BCUT2D eigenvalue weighted by Gasteiger charge is 2.48. The number of benzene rings is 1. The molecule has 2 aliphatic carbocycles. The number of Topliss-reactive ketones (excluding diaryl/α,β-unsaturated/α-hetero) is 2. The van der Waals surface area contributed by atoms with Crippen LogP contribution in [0.25, 0.3) is 0 Å². The number of halogens is 1. The van der Waals surface area contributed by atoms with Crippen LogP contribution in [0.2, 0.25) is 0 Å². The molecule has 1 aliphatic heterocycles. The maximum atomic E-state index is 13.4. The monoisotopic (exact) mass is 532 g/mol. The molecule has 7 nitrogen and oxygen atoms in total. The number of hydrogen-bond donors (Lipinski definition) is 1. The van der Waals surface area contributed by atoms with Gasteiger partial charge in [0.2, 0.25) is 0 Å². The molecule has 0 saturated carbocycles. The van der Waals surface area contributed by atoms with Crippen molar-refractivity contribution in [1.82, 2.24) is 0 Å². The third-order valence-electron chi connectivity index (χ3n) is 6.53. The first-order valence-corrected chi connectivity index (χ1v) is 12.0. The number of aliphatic carboxylic acids is 1. The van der Waals surface area contributed by atoms with E-state index < -0.39 is 18.5 Å². The molecule has 4 rings (SSSR count). The lowest BCUT2D eigenvalue weighted by molar-refractivity contribution is -0.139. The van der Waals surface area contributed by atoms with Gasteiger partial charge in [0.1, 0.15) is 11.5 Å². The second kappa shape index (κ2) is 8.56. The van der Waals surface area contributed by atoms with Crippen molar-refractivity contribution in [3.63, 3.8) is 0 Å². The first kappa shape index (κ1) is 24.5. The van der Waals surface area contributed by atoms with Gasteiger partial charge in [0, 0.05) is 47.2 Å². The first-order chi connectivity index (χ1) is 15.8. The summed E-state index contributed by atoms with van der Waals surface area (Å²) in [7, 11) is 1.46. The van der Waals surface area contributed by atoms with Gasteiger partial charge in [-0.2, -0.15) is 0 Å². The van der Waals surface area contributed by atoms with E-state index in [1.807, 2.05) is 27.7 Å². The molecule has 1 N–H and O–H groups in total. The SMILES string of the molecule is COc1cc(C2C3=C(CC(C)(C)CC3=O)OC3=C2C(=O)CC(C)(C)C3)c(Br)cc1OCC(=O)O. The molecule has 0 atom stereocenters. The van der Waals surface area contributed by atoms with Crippen molar-refractivity contribution in [2.24, 2.45) is 10.8 Å². The van der Waals surface area contributed by atoms with Gasteiger partial charge < -0.3 is 19.3 Å². The number of carboxylic acid groups (broad SMARTS) is 1. The lowest BCUT2D eigenvalue weighted by Gasteiger charge is -2.43. The summed E-state index contributed by atoms with van der Waals surface area (Å²) >= 11 is 3.58. The Balaban J connectivity index is 1.90. The maximum Gasteiger partial charge on any atom is 0.341 e. The highest BCUT2D eigenvalue weighted by molar-refractivity contribution is 9.10. The predicted molar refractivity (Wildman–Crippen MR) is 128 cm³/mol. The number of carboxylic acids is 1. The van der Waals surface area contributed by atoms with Gasteiger partial charge in [0.05, 0.1) is 7.11 Å². The number of ketones is 2. The third kappa shape index (κ3) is 4.52. The number of carbonyl (C=O) groups excluding carboxylic acids is 2. The Morgan fingerprint density at radius 3 is 2.00 bits per heavy atom. The molecule has 1 aromatic carbocycles. The van der Waals surface area contributed by atoms with E-state index in [0.29, 0.717) is 64.1 Å². The summed E-state index contributed by atoms with van der Waals surface area (Å²) in [6.07, 6.45) is 1.93. The normalized spacial score (nSPS) is 21.6. The van der Waals surface area contributed by atoms with Crippen molar-refractivity contribution in [2.45, 2.75) is 59.3 Å². The van der Waals surface area contributed by atoms with Crippen LogP contribution in [0.4, 0.5) is 0 Å². The Morgan fingerprint density at radius 2 is 1.53 bits per heavy atom. The summed E-state index contributed by atoms with van der Waals surface area (Å²) in [6.45, 7) is 7.65. The lowest BCUT2D eigenvalue weighted by Crippen LogP contribution is -2.37. The topological polar surface area (TPSA) is 99.1 Å². The summed E-state index contributed by atoms with van der Waals surface area (Å²) in [5.74, 6) is 0.0747. The molecule has 0 aromatic heterocycles. The smallest absolute Gasteiger partial charge is 0.341 e. The summed E-state index contributed by atoms with van der Waals surface area (Å²) < 4.78 is 17.8. The molecule has 0 unspecified atom stereocenters. The van der Waals surface area contributed by atoms with Crippen LogP contribution in [0.1, 0.15) is 64.9 Å². The average Bonchev–Trinajstić information content (AvgIpc) is 2.68. The molecule has 3 aliphatic rings. The summed E-state index contributed by atoms with van der Waals surface area (Å²) in [5, 5.41) is 8.99. The molecule has 0 saturated heterocycles. The van der Waals surface area contributed by atoms with Crippen molar-refractivity contribution in [2.75, 3.05) is 13.7 Å². The van der Waals surface area contributed by atoms with Crippen LogP contribution >= 0.6 is 15.9 Å². The average molecular weight is 533 g/mol. The van der Waals surface area contributed by atoms with Crippen molar-refractivity contribution in [3.05, 3.63) is 44.8 Å². The largest absolute Gasteiger partial charge is 0.493 e. The van der Waals surface area contributed by atoms with Crippen LogP contribution in [0.5, 0.6) is 11.5 Å². The Bertz CT molecular complexity index is 1100. The van der Waals surface area contributed by atoms with Crippen molar-refractivity contribution in [1.29, 1.82) is 0 Å². The fourth-order valence-electron chi connectivity index (χ4n) is 5.17. The van der Waals surface area contributed by atoms with Gasteiger partial charge in [-0.15, -0.1) is 0 Å². The third-order valence-corrected chi connectivity index (χ3v) is 7.21. The predicted octanol–water partition coefficient (Wildman–Crippen LogP) is 5.32. The zero-order valence-corrected chi connectivity index (χ0v) is 21.6. The zero-order chi connectivity index (χ0) is 25.0. The molecule has 182 valence electrons. The minimum absolute atomic E-state index is 0.0301. The van der Waals surface area contributed by atoms with Crippen LogP contribution in [-0.4, -0.2) is 36.4 Å².